The van der Waals surface area contributed by atoms with E-state index < -0.39 is 5.97 Å². The largest absolute Gasteiger partial charge is 0.478 e. The number of nitrogens with two attached hydrogens (primary N) is 1. The molecule has 82 valence electrons. The van der Waals surface area contributed by atoms with Crippen LogP contribution in [0.4, 0.5) is 5.95 Å². The molecule has 3 N–H and O–H groups in total. The number of hydrogen-bond donors (Lipinski definition) is 2. The number of hydrogen-bond acceptors (Lipinski definition) is 4. The van der Waals surface area contributed by atoms with E-state index in [1.54, 1.807) is 19.2 Å². The highest BCUT2D eigenvalue weighted by molar-refractivity contribution is 5.88. The van der Waals surface area contributed by atoms with Crippen molar-refractivity contribution < 1.29 is 9.90 Å². The Labute approximate surface area is 91.3 Å². The van der Waals surface area contributed by atoms with Gasteiger partial charge in [0.15, 0.2) is 5.82 Å². The molecule has 0 fully saturated rings. The summed E-state index contributed by atoms with van der Waals surface area (Å²) in [6, 6.07) is 6.31. The molecule has 0 bridgehead atoms. The Kier molecular flexibility index (Phi) is 2.32. The van der Waals surface area contributed by atoms with Crippen LogP contribution in [0.2, 0.25) is 0 Å². The molecule has 0 saturated heterocycles. The van der Waals surface area contributed by atoms with Crippen LogP contribution in [0.3, 0.4) is 0 Å². The number of benzene rings is 1. The van der Waals surface area contributed by atoms with Crippen LogP contribution in [0.5, 0.6) is 0 Å². The van der Waals surface area contributed by atoms with Crippen molar-refractivity contribution in [3.63, 3.8) is 0 Å². The summed E-state index contributed by atoms with van der Waals surface area (Å²) in [4.78, 5) is 14.7. The summed E-state index contributed by atoms with van der Waals surface area (Å²) in [6.45, 7) is 0. The molecular weight excluding hydrogens is 208 g/mol. The van der Waals surface area contributed by atoms with Gasteiger partial charge in [0.05, 0.1) is 5.56 Å². The summed E-state index contributed by atoms with van der Waals surface area (Å²) in [5, 5.41) is 12.8. The molecule has 1 aromatic heterocycles. The van der Waals surface area contributed by atoms with Crippen molar-refractivity contribution in [2.24, 2.45) is 7.05 Å². The Hall–Kier alpha value is -2.37. The van der Waals surface area contributed by atoms with Crippen LogP contribution < -0.4 is 5.73 Å². The van der Waals surface area contributed by atoms with Gasteiger partial charge in [-0.15, -0.1) is 5.10 Å². The van der Waals surface area contributed by atoms with Gasteiger partial charge in [0, 0.05) is 12.6 Å². The standard InChI is InChI=1S/C10H10N4O2/c1-14-10(11)12-8(13-14)6-2-4-7(5-3-6)9(15)16/h2-5H,1H3,(H,15,16)(H2,11,12,13). The molecule has 0 aliphatic heterocycles. The molecule has 2 aromatic rings. The molecule has 0 atom stereocenters. The number of aromatic carboxylic acids is 1. The third kappa shape index (κ3) is 1.72. The molecule has 1 aromatic carbocycles. The first kappa shape index (κ1) is 10.2. The highest BCUT2D eigenvalue weighted by atomic mass is 16.4. The summed E-state index contributed by atoms with van der Waals surface area (Å²) in [6.07, 6.45) is 0. The van der Waals surface area contributed by atoms with Crippen molar-refractivity contribution in [1.29, 1.82) is 0 Å². The molecule has 6 nitrogen and oxygen atoms in total. The first-order valence-electron chi connectivity index (χ1n) is 4.58. The Balaban J connectivity index is 2.38. The Morgan fingerprint density at radius 3 is 2.44 bits per heavy atom. The number of nitrogen functional groups attached to an aromatic ring is 1. The van der Waals surface area contributed by atoms with E-state index in [4.69, 9.17) is 10.8 Å². The number of carbonyl (C=O) groups is 1. The van der Waals surface area contributed by atoms with Crippen LogP contribution in [-0.4, -0.2) is 25.8 Å². The second-order valence-corrected chi connectivity index (χ2v) is 3.30. The van der Waals surface area contributed by atoms with Crippen molar-refractivity contribution in [3.05, 3.63) is 29.8 Å². The lowest BCUT2D eigenvalue weighted by Crippen LogP contribution is -1.97. The zero-order valence-corrected chi connectivity index (χ0v) is 8.58. The van der Waals surface area contributed by atoms with E-state index in [9.17, 15) is 4.79 Å². The minimum atomic E-state index is -0.958. The van der Waals surface area contributed by atoms with Crippen LogP contribution in [0.15, 0.2) is 24.3 Å². The molecule has 0 spiro atoms. The van der Waals surface area contributed by atoms with E-state index in [1.807, 2.05) is 0 Å². The fraction of sp³-hybridized carbons (Fsp3) is 0.100. The molecule has 16 heavy (non-hydrogen) atoms. The van der Waals surface area contributed by atoms with E-state index in [-0.39, 0.29) is 5.56 Å². The second kappa shape index (κ2) is 3.65. The highest BCUT2D eigenvalue weighted by Crippen LogP contribution is 2.16. The number of aryl methyl sites for hydroxylation is 1. The van der Waals surface area contributed by atoms with Crippen molar-refractivity contribution in [3.8, 4) is 11.4 Å². The predicted octanol–water partition coefficient (Wildman–Crippen LogP) is 0.762. The minimum absolute atomic E-state index is 0.229. The molecule has 1 heterocycles. The molecule has 0 unspecified atom stereocenters. The highest BCUT2D eigenvalue weighted by Gasteiger charge is 2.08. The van der Waals surface area contributed by atoms with E-state index in [0.717, 1.165) is 5.56 Å². The monoisotopic (exact) mass is 218 g/mol. The third-order valence-electron chi connectivity index (χ3n) is 2.19. The first-order valence-corrected chi connectivity index (χ1v) is 4.58. The first-order chi connectivity index (χ1) is 7.58. The number of carboxylic acids is 1. The number of aromatic nitrogens is 3. The number of nitrogens with zero attached hydrogens (tertiary/aromatic N) is 3. The van der Waals surface area contributed by atoms with Crippen LogP contribution in [0.1, 0.15) is 10.4 Å². The van der Waals surface area contributed by atoms with Gasteiger partial charge in [-0.2, -0.15) is 4.98 Å². The maximum atomic E-state index is 10.7. The summed E-state index contributed by atoms with van der Waals surface area (Å²) >= 11 is 0. The average Bonchev–Trinajstić information content (AvgIpc) is 2.59. The van der Waals surface area contributed by atoms with E-state index in [0.29, 0.717) is 11.8 Å². The number of carboxylic acid groups (broad SMARTS) is 1. The van der Waals surface area contributed by atoms with Crippen LogP contribution in [0.25, 0.3) is 11.4 Å². The normalized spacial score (nSPS) is 10.3. The molecule has 2 rings (SSSR count). The predicted molar refractivity (Wildman–Crippen MR) is 57.8 cm³/mol. The van der Waals surface area contributed by atoms with E-state index >= 15 is 0 Å². The molecule has 0 aliphatic rings. The lowest BCUT2D eigenvalue weighted by atomic mass is 10.1. The van der Waals surface area contributed by atoms with E-state index in [2.05, 4.69) is 10.1 Å². The maximum Gasteiger partial charge on any atom is 0.335 e. The summed E-state index contributed by atoms with van der Waals surface area (Å²) in [5.74, 6) is -0.158. The SMILES string of the molecule is Cn1nc(-c2ccc(C(=O)O)cc2)nc1N. The molecule has 6 heteroatoms. The number of anilines is 1. The molecule has 0 saturated carbocycles. The lowest BCUT2D eigenvalue weighted by molar-refractivity contribution is 0.0697. The zero-order chi connectivity index (χ0) is 11.7. The zero-order valence-electron chi connectivity index (χ0n) is 8.58. The maximum absolute atomic E-state index is 10.7. The molecular formula is C10H10N4O2. The summed E-state index contributed by atoms with van der Waals surface area (Å²) in [7, 11) is 1.69. The molecule has 0 aliphatic carbocycles. The Morgan fingerprint density at radius 1 is 1.38 bits per heavy atom. The lowest BCUT2D eigenvalue weighted by Gasteiger charge is -1.96. The topological polar surface area (TPSA) is 94.0 Å². The van der Waals surface area contributed by atoms with Gasteiger partial charge in [-0.1, -0.05) is 12.1 Å². The fourth-order valence-corrected chi connectivity index (χ4v) is 1.28. The van der Waals surface area contributed by atoms with Crippen LogP contribution in [-0.2, 0) is 7.05 Å². The van der Waals surface area contributed by atoms with Crippen molar-refractivity contribution in [2.75, 3.05) is 5.73 Å². The van der Waals surface area contributed by atoms with Crippen molar-refractivity contribution in [2.45, 2.75) is 0 Å². The van der Waals surface area contributed by atoms with Gasteiger partial charge < -0.3 is 10.8 Å². The van der Waals surface area contributed by atoms with Gasteiger partial charge in [-0.25, -0.2) is 9.48 Å². The van der Waals surface area contributed by atoms with Crippen molar-refractivity contribution >= 4 is 11.9 Å². The van der Waals surface area contributed by atoms with Gasteiger partial charge in [-0.3, -0.25) is 0 Å². The van der Waals surface area contributed by atoms with Gasteiger partial charge in [0.2, 0.25) is 5.95 Å². The van der Waals surface area contributed by atoms with Gasteiger partial charge in [0.25, 0.3) is 0 Å². The minimum Gasteiger partial charge on any atom is -0.478 e. The van der Waals surface area contributed by atoms with Gasteiger partial charge >= 0.3 is 5.97 Å². The van der Waals surface area contributed by atoms with Crippen molar-refractivity contribution in [1.82, 2.24) is 14.8 Å². The average molecular weight is 218 g/mol. The van der Waals surface area contributed by atoms with Gasteiger partial charge in [0.1, 0.15) is 0 Å². The smallest absolute Gasteiger partial charge is 0.335 e. The van der Waals surface area contributed by atoms with Gasteiger partial charge in [-0.05, 0) is 12.1 Å². The van der Waals surface area contributed by atoms with E-state index in [1.165, 1.54) is 16.8 Å². The molecule has 0 amide bonds. The quantitative estimate of drug-likeness (QED) is 0.776. The molecule has 0 radical (unpaired) electrons. The summed E-state index contributed by atoms with van der Waals surface area (Å²) < 4.78 is 1.46. The fourth-order valence-electron chi connectivity index (χ4n) is 1.28. The second-order valence-electron chi connectivity index (χ2n) is 3.30. The number of rotatable bonds is 2. The third-order valence-corrected chi connectivity index (χ3v) is 2.19. The Morgan fingerprint density at radius 2 is 2.00 bits per heavy atom. The Bertz CT molecular complexity index is 511. The summed E-state index contributed by atoms with van der Waals surface area (Å²) in [5.41, 5.74) is 6.51. The van der Waals surface area contributed by atoms with Crippen LogP contribution in [0, 0.1) is 0 Å². The van der Waals surface area contributed by atoms with Crippen LogP contribution >= 0.6 is 0 Å².